The molecule has 7 nitrogen and oxygen atoms in total. The van der Waals surface area contributed by atoms with E-state index < -0.39 is 11.9 Å². The van der Waals surface area contributed by atoms with Crippen LogP contribution in [0.3, 0.4) is 0 Å². The zero-order valence-corrected chi connectivity index (χ0v) is 14.4. The van der Waals surface area contributed by atoms with E-state index >= 15 is 0 Å². The molecule has 136 valence electrons. The highest BCUT2D eigenvalue weighted by molar-refractivity contribution is 5.93. The molecular formula is C19H18O7. The van der Waals surface area contributed by atoms with Gasteiger partial charge in [-0.1, -0.05) is 24.3 Å². The molecule has 2 rings (SSSR count). The number of hydrogen-bond acceptors (Lipinski definition) is 7. The third kappa shape index (κ3) is 4.83. The monoisotopic (exact) mass is 358 g/mol. The largest absolute Gasteiger partial charge is 0.485 e. The number of para-hydroxylation sites is 2. The lowest BCUT2D eigenvalue weighted by atomic mass is 10.2. The van der Waals surface area contributed by atoms with Crippen molar-refractivity contribution in [2.75, 3.05) is 27.4 Å². The van der Waals surface area contributed by atoms with E-state index in [1.807, 2.05) is 0 Å². The van der Waals surface area contributed by atoms with Crippen LogP contribution in [0.15, 0.2) is 48.5 Å². The van der Waals surface area contributed by atoms with Crippen molar-refractivity contribution < 1.29 is 33.3 Å². The Bertz CT molecular complexity index is 732. The van der Waals surface area contributed by atoms with Crippen LogP contribution in [-0.2, 0) is 14.3 Å². The first kappa shape index (κ1) is 19.0. The Balaban J connectivity index is 1.95. The zero-order valence-electron chi connectivity index (χ0n) is 14.4. The molecule has 0 aliphatic rings. The van der Waals surface area contributed by atoms with E-state index in [-0.39, 0.29) is 41.6 Å². The van der Waals surface area contributed by atoms with Crippen LogP contribution in [0.1, 0.15) is 20.7 Å². The molecule has 0 amide bonds. The first-order chi connectivity index (χ1) is 12.6. The number of Topliss-reactive ketones (excluding diaryl/α,β-unsaturated/α-hetero) is 1. The molecule has 0 atom stereocenters. The number of benzene rings is 2. The van der Waals surface area contributed by atoms with Gasteiger partial charge < -0.3 is 18.9 Å². The van der Waals surface area contributed by atoms with Gasteiger partial charge in [0, 0.05) is 0 Å². The topological polar surface area (TPSA) is 88.1 Å². The summed E-state index contributed by atoms with van der Waals surface area (Å²) < 4.78 is 20.1. The minimum atomic E-state index is -0.559. The van der Waals surface area contributed by atoms with E-state index in [0.29, 0.717) is 0 Å². The normalized spacial score (nSPS) is 9.92. The molecular weight excluding hydrogens is 340 g/mol. The summed E-state index contributed by atoms with van der Waals surface area (Å²) in [6, 6.07) is 12.9. The van der Waals surface area contributed by atoms with Crippen molar-refractivity contribution >= 4 is 17.7 Å². The predicted molar refractivity (Wildman–Crippen MR) is 91.6 cm³/mol. The maximum Gasteiger partial charge on any atom is 0.341 e. The Morgan fingerprint density at radius 3 is 1.46 bits per heavy atom. The third-order valence-electron chi connectivity index (χ3n) is 3.36. The van der Waals surface area contributed by atoms with Crippen molar-refractivity contribution in [3.05, 3.63) is 59.7 Å². The number of carbonyl (C=O) groups excluding carboxylic acids is 3. The summed E-state index contributed by atoms with van der Waals surface area (Å²) in [4.78, 5) is 35.3. The molecule has 0 unspecified atom stereocenters. The van der Waals surface area contributed by atoms with Gasteiger partial charge in [0.2, 0.25) is 5.78 Å². The quantitative estimate of drug-likeness (QED) is 0.669. The Kier molecular flexibility index (Phi) is 6.73. The summed E-state index contributed by atoms with van der Waals surface area (Å²) in [5.74, 6) is -1.01. The number of hydrogen-bond donors (Lipinski definition) is 0. The van der Waals surface area contributed by atoms with E-state index in [1.54, 1.807) is 36.4 Å². The van der Waals surface area contributed by atoms with Crippen LogP contribution in [0.2, 0.25) is 0 Å². The van der Waals surface area contributed by atoms with Gasteiger partial charge in [-0.05, 0) is 24.3 Å². The molecule has 0 aromatic heterocycles. The average Bonchev–Trinajstić information content (AvgIpc) is 2.69. The van der Waals surface area contributed by atoms with Crippen molar-refractivity contribution in [2.24, 2.45) is 0 Å². The molecule has 0 fully saturated rings. The summed E-state index contributed by atoms with van der Waals surface area (Å²) in [6.07, 6.45) is 0. The van der Waals surface area contributed by atoms with Gasteiger partial charge in [0.25, 0.3) is 0 Å². The summed E-state index contributed by atoms with van der Waals surface area (Å²) >= 11 is 0. The predicted octanol–water partition coefficient (Wildman–Crippen LogP) is 2.29. The molecule has 2 aromatic carbocycles. The Hall–Kier alpha value is -3.35. The van der Waals surface area contributed by atoms with Gasteiger partial charge in [0.1, 0.15) is 22.6 Å². The van der Waals surface area contributed by atoms with E-state index in [0.717, 1.165) is 0 Å². The lowest BCUT2D eigenvalue weighted by molar-refractivity contribution is -0.123. The molecule has 0 saturated heterocycles. The van der Waals surface area contributed by atoms with E-state index in [1.165, 1.54) is 26.4 Å². The zero-order chi connectivity index (χ0) is 18.9. The van der Waals surface area contributed by atoms with E-state index in [9.17, 15) is 14.4 Å². The summed E-state index contributed by atoms with van der Waals surface area (Å²) in [7, 11) is 2.52. The van der Waals surface area contributed by atoms with Gasteiger partial charge in [-0.15, -0.1) is 0 Å². The van der Waals surface area contributed by atoms with Gasteiger partial charge in [-0.2, -0.15) is 0 Å². The van der Waals surface area contributed by atoms with Gasteiger partial charge in [-0.3, -0.25) is 4.79 Å². The summed E-state index contributed by atoms with van der Waals surface area (Å²) in [5, 5.41) is 0. The van der Waals surface area contributed by atoms with E-state index in [2.05, 4.69) is 9.47 Å². The number of esters is 2. The van der Waals surface area contributed by atoms with Gasteiger partial charge >= 0.3 is 11.9 Å². The Morgan fingerprint density at radius 2 is 1.08 bits per heavy atom. The Labute approximate surface area is 150 Å². The molecule has 0 heterocycles. The first-order valence-corrected chi connectivity index (χ1v) is 7.68. The summed E-state index contributed by atoms with van der Waals surface area (Å²) in [6.45, 7) is -0.594. The maximum absolute atomic E-state index is 12.0. The average molecular weight is 358 g/mol. The lowest BCUT2D eigenvalue weighted by Gasteiger charge is -2.11. The second-order valence-corrected chi connectivity index (χ2v) is 5.09. The third-order valence-corrected chi connectivity index (χ3v) is 3.36. The van der Waals surface area contributed by atoms with Crippen molar-refractivity contribution in [1.29, 1.82) is 0 Å². The van der Waals surface area contributed by atoms with Gasteiger partial charge in [0.15, 0.2) is 13.2 Å². The van der Waals surface area contributed by atoms with Crippen LogP contribution in [0.5, 0.6) is 11.5 Å². The molecule has 0 aliphatic heterocycles. The fraction of sp³-hybridized carbons (Fsp3) is 0.211. The van der Waals surface area contributed by atoms with Crippen LogP contribution in [-0.4, -0.2) is 45.2 Å². The van der Waals surface area contributed by atoms with Crippen molar-refractivity contribution in [3.8, 4) is 11.5 Å². The number of rotatable bonds is 8. The van der Waals surface area contributed by atoms with Crippen LogP contribution in [0, 0.1) is 0 Å². The summed E-state index contributed by atoms with van der Waals surface area (Å²) in [5.41, 5.74) is 0.444. The highest BCUT2D eigenvalue weighted by Gasteiger charge is 2.15. The smallest absolute Gasteiger partial charge is 0.341 e. The van der Waals surface area contributed by atoms with E-state index in [4.69, 9.17) is 9.47 Å². The molecule has 0 N–H and O–H groups in total. The highest BCUT2D eigenvalue weighted by Crippen LogP contribution is 2.20. The van der Waals surface area contributed by atoms with Crippen LogP contribution in [0.4, 0.5) is 0 Å². The van der Waals surface area contributed by atoms with Gasteiger partial charge in [0.05, 0.1) is 14.2 Å². The second kappa shape index (κ2) is 9.22. The standard InChI is InChI=1S/C19H18O7/c1-23-18(21)14-7-3-5-9-16(14)25-11-13(20)12-26-17-10-6-4-8-15(17)19(22)24-2/h3-10H,11-12H2,1-2H3. The fourth-order valence-electron chi connectivity index (χ4n) is 2.10. The minimum Gasteiger partial charge on any atom is -0.485 e. The first-order valence-electron chi connectivity index (χ1n) is 7.68. The molecule has 0 saturated carbocycles. The van der Waals surface area contributed by atoms with Crippen molar-refractivity contribution in [3.63, 3.8) is 0 Å². The fourth-order valence-corrected chi connectivity index (χ4v) is 2.10. The SMILES string of the molecule is COC(=O)c1ccccc1OCC(=O)COc1ccccc1C(=O)OC. The molecule has 0 radical (unpaired) electrons. The lowest BCUT2D eigenvalue weighted by Crippen LogP contribution is -2.20. The van der Waals surface area contributed by atoms with Crippen LogP contribution < -0.4 is 9.47 Å². The molecule has 0 aliphatic carbocycles. The minimum absolute atomic E-state index is 0.222. The maximum atomic E-state index is 12.0. The molecule has 2 aromatic rings. The number of methoxy groups -OCH3 is 2. The van der Waals surface area contributed by atoms with Crippen molar-refractivity contribution in [1.82, 2.24) is 0 Å². The molecule has 0 spiro atoms. The van der Waals surface area contributed by atoms with Gasteiger partial charge in [-0.25, -0.2) is 9.59 Å². The number of ether oxygens (including phenoxy) is 4. The number of ketones is 1. The Morgan fingerprint density at radius 1 is 0.692 bits per heavy atom. The van der Waals surface area contributed by atoms with Crippen LogP contribution >= 0.6 is 0 Å². The second-order valence-electron chi connectivity index (χ2n) is 5.09. The molecule has 0 bridgehead atoms. The molecule has 7 heteroatoms. The van der Waals surface area contributed by atoms with Crippen molar-refractivity contribution in [2.45, 2.75) is 0 Å². The number of carbonyl (C=O) groups is 3. The van der Waals surface area contributed by atoms with Crippen LogP contribution in [0.25, 0.3) is 0 Å². The molecule has 26 heavy (non-hydrogen) atoms. The highest BCUT2D eigenvalue weighted by atomic mass is 16.5.